The van der Waals surface area contributed by atoms with Crippen molar-refractivity contribution in [2.75, 3.05) is 33.8 Å². The molecule has 3 N–H and O–H groups in total. The maximum absolute atomic E-state index is 12.9. The summed E-state index contributed by atoms with van der Waals surface area (Å²) in [5.74, 6) is 1.03. The van der Waals surface area contributed by atoms with Crippen LogP contribution < -0.4 is 20.5 Å². The molecule has 0 spiro atoms. The number of nitrogens with zero attached hydrogens (tertiary/aromatic N) is 6. The van der Waals surface area contributed by atoms with E-state index in [-0.39, 0.29) is 23.3 Å². The Labute approximate surface area is 238 Å². The third kappa shape index (κ3) is 6.19. The van der Waals surface area contributed by atoms with Crippen LogP contribution in [0.15, 0.2) is 47.7 Å². The number of piperidine rings is 1. The molecule has 12 nitrogen and oxygen atoms in total. The van der Waals surface area contributed by atoms with Crippen LogP contribution in [0.4, 0.5) is 23.3 Å². The SMILES string of the molecule is Cc1cc(=O)n(C2CCCC2)c2nc(Nc3ccc(N4CCC(CCS(=O)(=O)Nc5ncn[nH]5)CC4)cc3)ncc12. The number of hydrogen-bond acceptors (Lipinski definition) is 9. The van der Waals surface area contributed by atoms with Gasteiger partial charge in [0.1, 0.15) is 12.0 Å². The lowest BCUT2D eigenvalue weighted by Gasteiger charge is -2.33. The molecule has 2 aliphatic rings. The molecule has 3 aromatic heterocycles. The molecule has 6 rings (SSSR count). The second-order valence-electron chi connectivity index (χ2n) is 11.1. The zero-order chi connectivity index (χ0) is 28.4. The van der Waals surface area contributed by atoms with Gasteiger partial charge in [-0.05, 0) is 74.8 Å². The zero-order valence-corrected chi connectivity index (χ0v) is 23.9. The van der Waals surface area contributed by atoms with Crippen LogP contribution in [0.2, 0.25) is 0 Å². The lowest BCUT2D eigenvalue weighted by molar-refractivity contribution is 0.395. The first-order valence-electron chi connectivity index (χ1n) is 14.2. The second-order valence-corrected chi connectivity index (χ2v) is 12.9. The molecule has 0 bridgehead atoms. The Morgan fingerprint density at radius 3 is 2.51 bits per heavy atom. The van der Waals surface area contributed by atoms with Gasteiger partial charge in [-0.25, -0.2) is 18.5 Å². The molecule has 0 radical (unpaired) electrons. The third-order valence-corrected chi connectivity index (χ3v) is 9.53. The van der Waals surface area contributed by atoms with Crippen molar-refractivity contribution in [2.45, 2.75) is 57.9 Å². The molecule has 13 heteroatoms. The summed E-state index contributed by atoms with van der Waals surface area (Å²) in [7, 11) is -3.46. The molecule has 0 amide bonds. The van der Waals surface area contributed by atoms with Crippen LogP contribution in [-0.4, -0.2) is 57.0 Å². The maximum Gasteiger partial charge on any atom is 0.252 e. The lowest BCUT2D eigenvalue weighted by atomic mass is 9.94. The molecule has 216 valence electrons. The number of fused-ring (bicyclic) bond motifs is 1. The third-order valence-electron chi connectivity index (χ3n) is 8.25. The molecule has 1 aliphatic carbocycles. The first-order chi connectivity index (χ1) is 19.8. The number of rotatable bonds is 9. The van der Waals surface area contributed by atoms with Gasteiger partial charge in [-0.3, -0.25) is 14.1 Å². The number of aryl methyl sites for hydroxylation is 1. The highest BCUT2D eigenvalue weighted by Gasteiger charge is 2.23. The minimum absolute atomic E-state index is 0.00407. The first kappa shape index (κ1) is 27.2. The van der Waals surface area contributed by atoms with E-state index in [2.05, 4.69) is 47.2 Å². The van der Waals surface area contributed by atoms with Crippen LogP contribution >= 0.6 is 0 Å². The van der Waals surface area contributed by atoms with E-state index in [0.29, 0.717) is 23.9 Å². The van der Waals surface area contributed by atoms with Gasteiger partial charge in [-0.2, -0.15) is 15.1 Å². The van der Waals surface area contributed by atoms with Crippen LogP contribution in [0.25, 0.3) is 11.0 Å². The molecule has 0 atom stereocenters. The molecule has 41 heavy (non-hydrogen) atoms. The number of aromatic nitrogens is 6. The fourth-order valence-electron chi connectivity index (χ4n) is 5.99. The summed E-state index contributed by atoms with van der Waals surface area (Å²) in [5, 5.41) is 10.4. The van der Waals surface area contributed by atoms with Crippen molar-refractivity contribution in [1.82, 2.24) is 29.7 Å². The fourth-order valence-corrected chi connectivity index (χ4v) is 7.13. The Morgan fingerprint density at radius 2 is 1.80 bits per heavy atom. The molecule has 0 unspecified atom stereocenters. The molecule has 1 saturated heterocycles. The van der Waals surface area contributed by atoms with E-state index in [4.69, 9.17) is 4.98 Å². The summed E-state index contributed by atoms with van der Waals surface area (Å²) < 4.78 is 28.9. The van der Waals surface area contributed by atoms with Gasteiger partial charge in [0, 0.05) is 48.2 Å². The van der Waals surface area contributed by atoms with Crippen molar-refractivity contribution < 1.29 is 8.42 Å². The molecular formula is C28H35N9O3S. The number of anilines is 4. The highest BCUT2D eigenvalue weighted by atomic mass is 32.2. The van der Waals surface area contributed by atoms with Crippen molar-refractivity contribution in [3.63, 3.8) is 0 Å². The molecule has 1 aliphatic heterocycles. The summed E-state index contributed by atoms with van der Waals surface area (Å²) in [6, 6.07) is 10.1. The van der Waals surface area contributed by atoms with Gasteiger partial charge in [-0.15, -0.1) is 0 Å². The lowest BCUT2D eigenvalue weighted by Crippen LogP contribution is -2.34. The van der Waals surface area contributed by atoms with Crippen molar-refractivity contribution >= 4 is 44.3 Å². The number of aromatic amines is 1. The number of H-pyrrole nitrogens is 1. The Balaban J connectivity index is 1.07. The largest absolute Gasteiger partial charge is 0.372 e. The van der Waals surface area contributed by atoms with E-state index in [9.17, 15) is 13.2 Å². The van der Waals surface area contributed by atoms with E-state index in [1.54, 1.807) is 12.3 Å². The number of pyridine rings is 1. The zero-order valence-electron chi connectivity index (χ0n) is 23.1. The van der Waals surface area contributed by atoms with E-state index in [1.165, 1.54) is 6.33 Å². The van der Waals surface area contributed by atoms with E-state index >= 15 is 0 Å². The highest BCUT2D eigenvalue weighted by Crippen LogP contribution is 2.31. The molecule has 4 aromatic rings. The van der Waals surface area contributed by atoms with Crippen molar-refractivity contribution in [3.8, 4) is 0 Å². The minimum atomic E-state index is -3.46. The predicted octanol–water partition coefficient (Wildman–Crippen LogP) is 4.13. The standard InChI is InChI=1S/C28H35N9O3S/c1-19-16-25(38)37(23-4-2-3-5-23)26-24(19)17-29-27(33-26)32-21-6-8-22(9-7-21)36-13-10-20(11-14-36)12-15-41(39,40)35-28-30-18-31-34-28/h6-9,16-18,20,23H,2-5,10-15H2,1H3,(H,29,32,33)(H2,30,31,34,35). The Kier molecular flexibility index (Phi) is 7.61. The fraction of sp³-hybridized carbons (Fsp3) is 0.464. The first-order valence-corrected chi connectivity index (χ1v) is 15.9. The van der Waals surface area contributed by atoms with Crippen LogP contribution in [0.1, 0.15) is 56.6 Å². The van der Waals surface area contributed by atoms with Crippen molar-refractivity contribution in [2.24, 2.45) is 5.92 Å². The van der Waals surface area contributed by atoms with Gasteiger partial charge < -0.3 is 10.2 Å². The minimum Gasteiger partial charge on any atom is -0.372 e. The summed E-state index contributed by atoms with van der Waals surface area (Å²) in [4.78, 5) is 28.4. The summed E-state index contributed by atoms with van der Waals surface area (Å²) in [5.41, 5.74) is 3.59. The Morgan fingerprint density at radius 1 is 1.05 bits per heavy atom. The van der Waals surface area contributed by atoms with E-state index in [1.807, 2.05) is 23.6 Å². The predicted molar refractivity (Wildman–Crippen MR) is 159 cm³/mol. The topological polar surface area (TPSA) is 151 Å². The average molecular weight is 578 g/mol. The van der Waals surface area contributed by atoms with Crippen LogP contribution in [-0.2, 0) is 10.0 Å². The van der Waals surface area contributed by atoms with Crippen molar-refractivity contribution in [3.05, 3.63) is 58.8 Å². The summed E-state index contributed by atoms with van der Waals surface area (Å²) in [6.45, 7) is 3.68. The molecule has 4 heterocycles. The van der Waals surface area contributed by atoms with E-state index in [0.717, 1.165) is 73.9 Å². The summed E-state index contributed by atoms with van der Waals surface area (Å²) in [6.07, 6.45) is 9.83. The molecular weight excluding hydrogens is 542 g/mol. The second kappa shape index (κ2) is 11.5. The summed E-state index contributed by atoms with van der Waals surface area (Å²) >= 11 is 0. The molecule has 1 saturated carbocycles. The number of hydrogen-bond donors (Lipinski definition) is 3. The quantitative estimate of drug-likeness (QED) is 0.267. The van der Waals surface area contributed by atoms with Gasteiger partial charge >= 0.3 is 0 Å². The van der Waals surface area contributed by atoms with Gasteiger partial charge in [0.05, 0.1) is 5.75 Å². The smallest absolute Gasteiger partial charge is 0.252 e. The molecule has 1 aromatic carbocycles. The van der Waals surface area contributed by atoms with Gasteiger partial charge in [0.15, 0.2) is 0 Å². The van der Waals surface area contributed by atoms with Gasteiger partial charge in [0.25, 0.3) is 5.56 Å². The number of benzene rings is 1. The number of nitrogens with one attached hydrogen (secondary N) is 3. The normalized spacial score (nSPS) is 16.9. The van der Waals surface area contributed by atoms with Crippen molar-refractivity contribution in [1.29, 1.82) is 0 Å². The van der Waals surface area contributed by atoms with Crippen LogP contribution in [0.5, 0.6) is 0 Å². The Bertz CT molecular complexity index is 1660. The Hall–Kier alpha value is -4.00. The average Bonchev–Trinajstić information content (AvgIpc) is 3.68. The maximum atomic E-state index is 12.9. The molecule has 2 fully saturated rings. The monoisotopic (exact) mass is 577 g/mol. The van der Waals surface area contributed by atoms with Crippen LogP contribution in [0.3, 0.4) is 0 Å². The van der Waals surface area contributed by atoms with Gasteiger partial charge in [0.2, 0.25) is 21.9 Å². The van der Waals surface area contributed by atoms with E-state index < -0.39 is 10.0 Å². The number of sulfonamides is 1. The van der Waals surface area contributed by atoms with Crippen LogP contribution in [0, 0.1) is 12.8 Å². The highest BCUT2D eigenvalue weighted by molar-refractivity contribution is 7.92. The van der Waals surface area contributed by atoms with Gasteiger partial charge in [-0.1, -0.05) is 12.8 Å².